The monoisotopic (exact) mass is 207 g/mol. The van der Waals surface area contributed by atoms with Gasteiger partial charge in [0.25, 0.3) is 0 Å². The van der Waals surface area contributed by atoms with E-state index in [0.717, 1.165) is 0 Å². The number of rotatable bonds is 1. The van der Waals surface area contributed by atoms with Crippen molar-refractivity contribution in [3.05, 3.63) is 21.4 Å². The Labute approximate surface area is 89.3 Å². The van der Waals surface area contributed by atoms with Gasteiger partial charge in [0.1, 0.15) is 0 Å². The van der Waals surface area contributed by atoms with E-state index in [9.17, 15) is 0 Å². The van der Waals surface area contributed by atoms with Crippen LogP contribution in [0.1, 0.15) is 48.1 Å². The molecule has 1 nitrogen and oxygen atoms in total. The molecule has 0 aromatic carbocycles. The summed E-state index contributed by atoms with van der Waals surface area (Å²) in [5.41, 5.74) is 9.60. The third-order valence-electron chi connectivity index (χ3n) is 3.84. The molecular formula is C12H17NS. The van der Waals surface area contributed by atoms with E-state index < -0.39 is 0 Å². The summed E-state index contributed by atoms with van der Waals surface area (Å²) in [4.78, 5) is 1.63. The predicted molar refractivity (Wildman–Crippen MR) is 60.7 cm³/mol. The van der Waals surface area contributed by atoms with Gasteiger partial charge in [-0.25, -0.2) is 0 Å². The van der Waals surface area contributed by atoms with Gasteiger partial charge in [-0.3, -0.25) is 0 Å². The van der Waals surface area contributed by atoms with Gasteiger partial charge >= 0.3 is 0 Å². The van der Waals surface area contributed by atoms with Crippen LogP contribution in [0.3, 0.4) is 0 Å². The van der Waals surface area contributed by atoms with E-state index in [1.165, 1.54) is 50.5 Å². The molecule has 0 bridgehead atoms. The summed E-state index contributed by atoms with van der Waals surface area (Å²) >= 11 is 1.95. The summed E-state index contributed by atoms with van der Waals surface area (Å²) in [6.07, 6.45) is 9.06. The molecule has 0 unspecified atom stereocenters. The first-order valence-electron chi connectivity index (χ1n) is 5.68. The molecule has 0 saturated heterocycles. The first kappa shape index (κ1) is 8.93. The smallest absolute Gasteiger partial charge is 0.0420 e. The third kappa shape index (κ3) is 1.17. The molecule has 1 heterocycles. The fourth-order valence-electron chi connectivity index (χ4n) is 2.74. The molecule has 2 aliphatic rings. The first-order valence-corrected chi connectivity index (χ1v) is 6.56. The van der Waals surface area contributed by atoms with Crippen molar-refractivity contribution in [3.63, 3.8) is 0 Å². The van der Waals surface area contributed by atoms with E-state index in [2.05, 4.69) is 5.38 Å². The summed E-state index contributed by atoms with van der Waals surface area (Å²) in [7, 11) is 0. The Bertz CT molecular complexity index is 349. The minimum Gasteiger partial charge on any atom is -0.321 e. The molecule has 1 saturated carbocycles. The lowest BCUT2D eigenvalue weighted by molar-refractivity contribution is 0.252. The maximum Gasteiger partial charge on any atom is 0.0420 e. The van der Waals surface area contributed by atoms with Gasteiger partial charge in [-0.2, -0.15) is 0 Å². The van der Waals surface area contributed by atoms with Gasteiger partial charge in [0.15, 0.2) is 0 Å². The topological polar surface area (TPSA) is 26.0 Å². The fourth-order valence-corrected chi connectivity index (χ4v) is 3.99. The number of thiophene rings is 1. The minimum absolute atomic E-state index is 0.0709. The van der Waals surface area contributed by atoms with Crippen LogP contribution in [0, 0.1) is 0 Å². The molecule has 1 aromatic rings. The zero-order valence-corrected chi connectivity index (χ0v) is 9.33. The van der Waals surface area contributed by atoms with Gasteiger partial charge in [0, 0.05) is 10.4 Å². The second kappa shape index (κ2) is 3.07. The van der Waals surface area contributed by atoms with E-state index in [1.807, 2.05) is 11.3 Å². The Kier molecular flexibility index (Phi) is 1.96. The molecule has 76 valence electrons. The lowest BCUT2D eigenvalue weighted by Gasteiger charge is -2.39. The highest BCUT2D eigenvalue weighted by Gasteiger charge is 2.37. The van der Waals surface area contributed by atoms with E-state index in [0.29, 0.717) is 0 Å². The van der Waals surface area contributed by atoms with Crippen molar-refractivity contribution in [2.75, 3.05) is 0 Å². The van der Waals surface area contributed by atoms with Gasteiger partial charge < -0.3 is 5.73 Å². The van der Waals surface area contributed by atoms with Crippen LogP contribution in [0.15, 0.2) is 5.38 Å². The average molecular weight is 207 g/mol. The Balaban J connectivity index is 2.01. The van der Waals surface area contributed by atoms with Crippen molar-refractivity contribution in [1.82, 2.24) is 0 Å². The number of hydrogen-bond acceptors (Lipinski definition) is 2. The standard InChI is InChI=1S/C12H17NS/c13-12(6-3-7-12)10-8-14-11-5-2-1-4-9(10)11/h8H,1-7,13H2. The van der Waals surface area contributed by atoms with Gasteiger partial charge in [0.05, 0.1) is 0 Å². The molecule has 0 radical (unpaired) electrons. The molecule has 2 N–H and O–H groups in total. The lowest BCUT2D eigenvalue weighted by atomic mass is 9.71. The van der Waals surface area contributed by atoms with E-state index >= 15 is 0 Å². The van der Waals surface area contributed by atoms with Crippen LogP contribution < -0.4 is 5.73 Å². The zero-order valence-electron chi connectivity index (χ0n) is 8.51. The molecule has 3 rings (SSSR count). The normalized spacial score (nSPS) is 24.1. The highest BCUT2D eigenvalue weighted by molar-refractivity contribution is 7.10. The maximum atomic E-state index is 6.40. The fraction of sp³-hybridized carbons (Fsp3) is 0.667. The zero-order chi connectivity index (χ0) is 9.60. The quantitative estimate of drug-likeness (QED) is 0.752. The van der Waals surface area contributed by atoms with Crippen molar-refractivity contribution in [1.29, 1.82) is 0 Å². The molecule has 2 aliphatic carbocycles. The molecule has 14 heavy (non-hydrogen) atoms. The van der Waals surface area contributed by atoms with Gasteiger partial charge in [0.2, 0.25) is 0 Å². The predicted octanol–water partition coefficient (Wildman–Crippen LogP) is 2.96. The van der Waals surface area contributed by atoms with Crippen LogP contribution in [0.4, 0.5) is 0 Å². The second-order valence-corrected chi connectivity index (χ2v) is 5.73. The molecule has 1 aromatic heterocycles. The third-order valence-corrected chi connectivity index (χ3v) is 4.93. The minimum atomic E-state index is 0.0709. The summed E-state index contributed by atoms with van der Waals surface area (Å²) in [6.45, 7) is 0. The molecule has 0 aliphatic heterocycles. The van der Waals surface area contributed by atoms with Crippen molar-refractivity contribution in [3.8, 4) is 0 Å². The Hall–Kier alpha value is -0.340. The van der Waals surface area contributed by atoms with Crippen molar-refractivity contribution < 1.29 is 0 Å². The van der Waals surface area contributed by atoms with Crippen LogP contribution in [-0.4, -0.2) is 0 Å². The molecular weight excluding hydrogens is 190 g/mol. The maximum absolute atomic E-state index is 6.40. The lowest BCUT2D eigenvalue weighted by Crippen LogP contribution is -2.43. The van der Waals surface area contributed by atoms with Gasteiger partial charge in [-0.05, 0) is 61.5 Å². The van der Waals surface area contributed by atoms with Gasteiger partial charge in [-0.1, -0.05) is 0 Å². The summed E-state index contributed by atoms with van der Waals surface area (Å²) < 4.78 is 0. The highest BCUT2D eigenvalue weighted by atomic mass is 32.1. The van der Waals surface area contributed by atoms with E-state index in [-0.39, 0.29) is 5.54 Å². The van der Waals surface area contributed by atoms with Crippen LogP contribution >= 0.6 is 11.3 Å². The Morgan fingerprint density at radius 3 is 2.64 bits per heavy atom. The molecule has 1 fully saturated rings. The van der Waals surface area contributed by atoms with Crippen LogP contribution in [0.5, 0.6) is 0 Å². The highest BCUT2D eigenvalue weighted by Crippen LogP contribution is 2.44. The van der Waals surface area contributed by atoms with Crippen LogP contribution in [-0.2, 0) is 18.4 Å². The number of hydrogen-bond donors (Lipinski definition) is 1. The molecule has 0 spiro atoms. The number of fused-ring (bicyclic) bond motifs is 1. The van der Waals surface area contributed by atoms with Crippen molar-refractivity contribution in [2.24, 2.45) is 5.73 Å². The van der Waals surface area contributed by atoms with Gasteiger partial charge in [-0.15, -0.1) is 11.3 Å². The number of aryl methyl sites for hydroxylation is 1. The molecule has 2 heteroatoms. The average Bonchev–Trinajstić information content (AvgIpc) is 2.58. The SMILES string of the molecule is NC1(c2csc3c2CCCC3)CCC1. The van der Waals surface area contributed by atoms with Crippen molar-refractivity contribution >= 4 is 11.3 Å². The Morgan fingerprint density at radius 2 is 1.93 bits per heavy atom. The summed E-state index contributed by atoms with van der Waals surface area (Å²) in [6, 6.07) is 0. The summed E-state index contributed by atoms with van der Waals surface area (Å²) in [5, 5.41) is 2.34. The second-order valence-electron chi connectivity index (χ2n) is 4.77. The Morgan fingerprint density at radius 1 is 1.14 bits per heavy atom. The summed E-state index contributed by atoms with van der Waals surface area (Å²) in [5.74, 6) is 0. The number of nitrogens with two attached hydrogens (primary N) is 1. The first-order chi connectivity index (χ1) is 6.80. The largest absolute Gasteiger partial charge is 0.321 e. The van der Waals surface area contributed by atoms with E-state index in [1.54, 1.807) is 10.4 Å². The molecule has 0 amide bonds. The van der Waals surface area contributed by atoms with Crippen LogP contribution in [0.2, 0.25) is 0 Å². The van der Waals surface area contributed by atoms with Crippen LogP contribution in [0.25, 0.3) is 0 Å². The molecule has 0 atom stereocenters. The van der Waals surface area contributed by atoms with Crippen molar-refractivity contribution in [2.45, 2.75) is 50.5 Å². The van der Waals surface area contributed by atoms with E-state index in [4.69, 9.17) is 5.73 Å².